The zero-order chi connectivity index (χ0) is 23.2. The van der Waals surface area contributed by atoms with Crippen molar-refractivity contribution >= 4 is 27.5 Å². The molecule has 0 aliphatic rings. The molecule has 0 aliphatic carbocycles. The number of rotatable bonds is 9. The minimum atomic E-state index is -0.115. The van der Waals surface area contributed by atoms with Crippen LogP contribution in [0.2, 0.25) is 0 Å². The predicted octanol–water partition coefficient (Wildman–Crippen LogP) is 4.50. The molecule has 33 heavy (non-hydrogen) atoms. The van der Waals surface area contributed by atoms with Gasteiger partial charge in [-0.1, -0.05) is 60.2 Å². The zero-order valence-electron chi connectivity index (χ0n) is 18.9. The number of hydrogen-bond acceptors (Lipinski definition) is 5. The Bertz CT molecular complexity index is 1280. The summed E-state index contributed by atoms with van der Waals surface area (Å²) in [4.78, 5) is 33.3. The molecule has 2 aromatic heterocycles. The van der Waals surface area contributed by atoms with Gasteiger partial charge in [0.2, 0.25) is 5.91 Å². The Kier molecular flexibility index (Phi) is 7.32. The van der Waals surface area contributed by atoms with Crippen molar-refractivity contribution < 1.29 is 9.53 Å². The van der Waals surface area contributed by atoms with Crippen molar-refractivity contribution in [3.05, 3.63) is 87.8 Å². The Hall–Kier alpha value is -3.29. The van der Waals surface area contributed by atoms with Gasteiger partial charge in [-0.15, -0.1) is 11.3 Å². The fourth-order valence-electron chi connectivity index (χ4n) is 3.74. The van der Waals surface area contributed by atoms with Gasteiger partial charge in [0.1, 0.15) is 4.83 Å². The largest absolute Gasteiger partial charge is 0.383 e. The molecule has 2 heterocycles. The Morgan fingerprint density at radius 2 is 1.88 bits per heavy atom. The number of methoxy groups -OCH3 is 1. The quantitative estimate of drug-likeness (QED) is 0.368. The highest BCUT2D eigenvalue weighted by atomic mass is 32.1. The van der Waals surface area contributed by atoms with E-state index in [2.05, 4.69) is 4.98 Å². The Morgan fingerprint density at radius 3 is 2.61 bits per heavy atom. The Morgan fingerprint density at radius 1 is 1.12 bits per heavy atom. The van der Waals surface area contributed by atoms with Crippen LogP contribution in [0.3, 0.4) is 0 Å². The van der Waals surface area contributed by atoms with Crippen molar-refractivity contribution in [2.75, 3.05) is 20.3 Å². The Balaban J connectivity index is 1.53. The summed E-state index contributed by atoms with van der Waals surface area (Å²) in [5.41, 5.74) is 3.99. The minimum absolute atomic E-state index is 0.0213. The number of ether oxygens (including phenoxy) is 1. The summed E-state index contributed by atoms with van der Waals surface area (Å²) in [6.07, 6.45) is 1.76. The maximum Gasteiger partial charge on any atom is 0.262 e. The van der Waals surface area contributed by atoms with Crippen molar-refractivity contribution in [1.82, 2.24) is 14.5 Å². The van der Waals surface area contributed by atoms with Crippen LogP contribution in [-0.2, 0) is 22.6 Å². The van der Waals surface area contributed by atoms with Crippen molar-refractivity contribution in [3.63, 3.8) is 0 Å². The van der Waals surface area contributed by atoms with Crippen LogP contribution in [0, 0.1) is 6.92 Å². The predicted molar refractivity (Wildman–Crippen MR) is 132 cm³/mol. The summed E-state index contributed by atoms with van der Waals surface area (Å²) in [6, 6.07) is 18.0. The van der Waals surface area contributed by atoms with E-state index in [1.807, 2.05) is 66.9 Å². The van der Waals surface area contributed by atoms with Crippen LogP contribution < -0.4 is 5.56 Å². The van der Waals surface area contributed by atoms with E-state index in [0.29, 0.717) is 29.9 Å². The third kappa shape index (κ3) is 5.38. The second-order valence-electron chi connectivity index (χ2n) is 7.98. The monoisotopic (exact) mass is 461 g/mol. The van der Waals surface area contributed by atoms with Gasteiger partial charge < -0.3 is 9.64 Å². The molecule has 0 saturated heterocycles. The molecule has 4 rings (SSSR count). The lowest BCUT2D eigenvalue weighted by Crippen LogP contribution is -2.34. The second-order valence-corrected chi connectivity index (χ2v) is 8.84. The SMILES string of the molecule is COCCN(Cc1ccccc1)C(=O)CCn1cnc2scc(-c3ccc(C)cc3)c2c1=O. The van der Waals surface area contributed by atoms with Crippen LogP contribution in [0.25, 0.3) is 21.3 Å². The van der Waals surface area contributed by atoms with Gasteiger partial charge in [0.15, 0.2) is 0 Å². The number of aryl methyl sites for hydroxylation is 2. The summed E-state index contributed by atoms with van der Waals surface area (Å²) in [5, 5.41) is 2.59. The minimum Gasteiger partial charge on any atom is -0.383 e. The lowest BCUT2D eigenvalue weighted by atomic mass is 10.1. The molecule has 6 nitrogen and oxygen atoms in total. The summed E-state index contributed by atoms with van der Waals surface area (Å²) in [7, 11) is 1.62. The smallest absolute Gasteiger partial charge is 0.262 e. The number of amides is 1. The molecule has 170 valence electrons. The number of thiophene rings is 1. The number of fused-ring (bicyclic) bond motifs is 1. The summed E-state index contributed by atoms with van der Waals surface area (Å²) in [5.74, 6) is -0.0213. The summed E-state index contributed by atoms with van der Waals surface area (Å²) >= 11 is 1.46. The first kappa shape index (κ1) is 22.9. The zero-order valence-corrected chi connectivity index (χ0v) is 19.7. The van der Waals surface area contributed by atoms with Gasteiger partial charge in [0, 0.05) is 44.1 Å². The first-order valence-electron chi connectivity index (χ1n) is 10.9. The van der Waals surface area contributed by atoms with Crippen molar-refractivity contribution in [3.8, 4) is 11.1 Å². The molecule has 0 N–H and O–H groups in total. The van der Waals surface area contributed by atoms with Crippen LogP contribution in [0.1, 0.15) is 17.5 Å². The molecule has 0 fully saturated rings. The summed E-state index contributed by atoms with van der Waals surface area (Å²) < 4.78 is 6.73. The van der Waals surface area contributed by atoms with Crippen LogP contribution in [0.4, 0.5) is 0 Å². The molecule has 0 bridgehead atoms. The van der Waals surface area contributed by atoms with Gasteiger partial charge >= 0.3 is 0 Å². The van der Waals surface area contributed by atoms with Crippen LogP contribution in [0.5, 0.6) is 0 Å². The van der Waals surface area contributed by atoms with E-state index in [0.717, 1.165) is 16.7 Å². The first-order chi connectivity index (χ1) is 16.1. The van der Waals surface area contributed by atoms with E-state index < -0.39 is 0 Å². The molecule has 2 aromatic carbocycles. The van der Waals surface area contributed by atoms with E-state index >= 15 is 0 Å². The lowest BCUT2D eigenvalue weighted by molar-refractivity contribution is -0.132. The van der Waals surface area contributed by atoms with Crippen molar-refractivity contribution in [2.24, 2.45) is 0 Å². The van der Waals surface area contributed by atoms with Crippen molar-refractivity contribution in [1.29, 1.82) is 0 Å². The number of carbonyl (C=O) groups is 1. The molecule has 0 aliphatic heterocycles. The lowest BCUT2D eigenvalue weighted by Gasteiger charge is -2.23. The van der Waals surface area contributed by atoms with Gasteiger partial charge in [-0.25, -0.2) is 4.98 Å². The van der Waals surface area contributed by atoms with E-state index in [1.54, 1.807) is 22.9 Å². The molecular weight excluding hydrogens is 434 g/mol. The second kappa shape index (κ2) is 10.6. The normalized spacial score (nSPS) is 11.1. The van der Waals surface area contributed by atoms with Gasteiger partial charge in [0.05, 0.1) is 18.3 Å². The standard InChI is InChI=1S/C26H27N3O3S/c1-19-8-10-21(11-9-19)22-17-33-25-24(22)26(31)29(18-27-25)13-12-23(30)28(14-15-32-2)16-20-6-4-3-5-7-20/h3-11,17-18H,12-16H2,1-2H3. The highest BCUT2D eigenvalue weighted by Crippen LogP contribution is 2.30. The molecule has 0 saturated carbocycles. The van der Waals surface area contributed by atoms with Crippen LogP contribution in [-0.4, -0.2) is 40.6 Å². The van der Waals surface area contributed by atoms with E-state index in [4.69, 9.17) is 4.74 Å². The topological polar surface area (TPSA) is 64.4 Å². The highest BCUT2D eigenvalue weighted by Gasteiger charge is 2.17. The van der Waals surface area contributed by atoms with Gasteiger partial charge in [0.25, 0.3) is 5.56 Å². The molecule has 0 unspecified atom stereocenters. The average molecular weight is 462 g/mol. The van der Waals surface area contributed by atoms with Gasteiger partial charge in [-0.2, -0.15) is 0 Å². The summed E-state index contributed by atoms with van der Waals surface area (Å²) in [6.45, 7) is 3.79. The van der Waals surface area contributed by atoms with E-state index in [9.17, 15) is 9.59 Å². The number of carbonyl (C=O) groups excluding carboxylic acids is 1. The van der Waals surface area contributed by atoms with Gasteiger partial charge in [-0.3, -0.25) is 14.2 Å². The molecule has 0 atom stereocenters. The third-order valence-corrected chi connectivity index (χ3v) is 6.51. The number of nitrogens with zero attached hydrogens (tertiary/aromatic N) is 3. The molecule has 7 heteroatoms. The molecule has 4 aromatic rings. The highest BCUT2D eigenvalue weighted by molar-refractivity contribution is 7.17. The fourth-order valence-corrected chi connectivity index (χ4v) is 4.65. The molecular formula is C26H27N3O3S. The molecule has 0 radical (unpaired) electrons. The maximum absolute atomic E-state index is 13.3. The van der Waals surface area contributed by atoms with Crippen LogP contribution >= 0.6 is 11.3 Å². The molecule has 0 spiro atoms. The van der Waals surface area contributed by atoms with E-state index in [1.165, 1.54) is 16.9 Å². The first-order valence-corrected chi connectivity index (χ1v) is 11.8. The molecule has 1 amide bonds. The third-order valence-electron chi connectivity index (χ3n) is 5.62. The number of aromatic nitrogens is 2. The average Bonchev–Trinajstić information content (AvgIpc) is 3.27. The van der Waals surface area contributed by atoms with E-state index in [-0.39, 0.29) is 24.4 Å². The number of benzene rings is 2. The fraction of sp³-hybridized carbons (Fsp3) is 0.269. The maximum atomic E-state index is 13.3. The van der Waals surface area contributed by atoms with Gasteiger partial charge in [-0.05, 0) is 18.1 Å². The Labute approximate surface area is 197 Å². The van der Waals surface area contributed by atoms with Crippen molar-refractivity contribution in [2.45, 2.75) is 26.4 Å². The number of hydrogen-bond donors (Lipinski definition) is 0. The van der Waals surface area contributed by atoms with Crippen LogP contribution in [0.15, 0.2) is 71.1 Å².